The van der Waals surface area contributed by atoms with Crippen molar-refractivity contribution < 1.29 is 0 Å². The van der Waals surface area contributed by atoms with E-state index in [1.807, 2.05) is 12.1 Å². The Morgan fingerprint density at radius 1 is 1.06 bits per heavy atom. The zero-order chi connectivity index (χ0) is 12.5. The van der Waals surface area contributed by atoms with Gasteiger partial charge in [-0.15, -0.1) is 11.3 Å². The fourth-order valence-electron chi connectivity index (χ4n) is 1.77. The van der Waals surface area contributed by atoms with Gasteiger partial charge in [-0.2, -0.15) is 0 Å². The molecule has 1 nitrogen and oxygen atoms in total. The van der Waals surface area contributed by atoms with E-state index in [9.17, 15) is 0 Å². The molecule has 0 radical (unpaired) electrons. The number of aromatic nitrogens is 1. The molecule has 0 N–H and O–H groups in total. The predicted octanol–water partition coefficient (Wildman–Crippen LogP) is 5.62. The van der Waals surface area contributed by atoms with Gasteiger partial charge < -0.3 is 0 Å². The van der Waals surface area contributed by atoms with Gasteiger partial charge >= 0.3 is 0 Å². The van der Waals surface area contributed by atoms with Crippen LogP contribution in [0, 0.1) is 0 Å². The fourth-order valence-corrected chi connectivity index (χ4v) is 3.42. The summed E-state index contributed by atoms with van der Waals surface area (Å²) in [6.07, 6.45) is 0. The second kappa shape index (κ2) is 5.11. The summed E-state index contributed by atoms with van der Waals surface area (Å²) in [5, 5.41) is 1.96. The van der Waals surface area contributed by atoms with Crippen LogP contribution in [0.4, 0.5) is 0 Å². The molecule has 1 heterocycles. The third-order valence-electron chi connectivity index (χ3n) is 2.70. The van der Waals surface area contributed by atoms with Crippen molar-refractivity contribution in [2.75, 3.05) is 0 Å². The van der Waals surface area contributed by atoms with E-state index in [4.69, 9.17) is 0 Å². The zero-order valence-electron chi connectivity index (χ0n) is 9.36. The fraction of sp³-hybridized carbons (Fsp3) is 0.0714. The van der Waals surface area contributed by atoms with Gasteiger partial charge in [-0.25, -0.2) is 4.98 Å². The molecular formula is C14H9Br2NS. The summed E-state index contributed by atoms with van der Waals surface area (Å²) < 4.78 is 2.33. The van der Waals surface area contributed by atoms with Crippen molar-refractivity contribution in [3.63, 3.8) is 0 Å². The maximum Gasteiger partial charge on any atom is 0.124 e. The molecule has 0 aliphatic rings. The van der Waals surface area contributed by atoms with E-state index in [2.05, 4.69) is 67.2 Å². The molecule has 0 saturated carbocycles. The van der Waals surface area contributed by atoms with E-state index < -0.39 is 0 Å². The first-order valence-corrected chi connectivity index (χ1v) is 8.21. The number of thiazole rings is 1. The largest absolute Gasteiger partial charge is 0.236 e. The molecule has 2 aromatic carbocycles. The summed E-state index contributed by atoms with van der Waals surface area (Å²) in [4.78, 5) is 4.68. The highest BCUT2D eigenvalue weighted by molar-refractivity contribution is 9.10. The first-order valence-electron chi connectivity index (χ1n) is 5.47. The molecule has 0 atom stereocenters. The monoisotopic (exact) mass is 381 g/mol. The first kappa shape index (κ1) is 12.3. The van der Waals surface area contributed by atoms with E-state index in [1.54, 1.807) is 11.3 Å². The molecular weight excluding hydrogens is 374 g/mol. The van der Waals surface area contributed by atoms with Crippen LogP contribution < -0.4 is 0 Å². The average Bonchev–Trinajstić information content (AvgIpc) is 2.82. The lowest BCUT2D eigenvalue weighted by molar-refractivity contribution is 1.43. The van der Waals surface area contributed by atoms with Crippen LogP contribution in [0.2, 0.25) is 0 Å². The van der Waals surface area contributed by atoms with Crippen molar-refractivity contribution in [2.24, 2.45) is 0 Å². The molecule has 3 rings (SSSR count). The molecule has 0 spiro atoms. The van der Waals surface area contributed by atoms with E-state index in [-0.39, 0.29) is 0 Å². The van der Waals surface area contributed by atoms with Gasteiger partial charge in [-0.3, -0.25) is 0 Å². The number of fused-ring (bicyclic) bond motifs is 1. The summed E-state index contributed by atoms with van der Waals surface area (Å²) in [5.74, 6) is 0. The number of benzene rings is 2. The SMILES string of the molecule is BrCc1ccc2nc(-c3ccc(Br)cc3)sc2c1. The number of alkyl halides is 1. The minimum Gasteiger partial charge on any atom is -0.236 e. The smallest absolute Gasteiger partial charge is 0.124 e. The van der Waals surface area contributed by atoms with Crippen LogP contribution in [-0.2, 0) is 5.33 Å². The molecule has 0 amide bonds. The predicted molar refractivity (Wildman–Crippen MR) is 85.4 cm³/mol. The van der Waals surface area contributed by atoms with Crippen molar-refractivity contribution in [1.29, 1.82) is 0 Å². The van der Waals surface area contributed by atoms with Gasteiger partial charge in [0.2, 0.25) is 0 Å². The molecule has 3 aromatic rings. The van der Waals surface area contributed by atoms with Crippen LogP contribution in [-0.4, -0.2) is 4.98 Å². The Kier molecular flexibility index (Phi) is 3.50. The lowest BCUT2D eigenvalue weighted by Gasteiger charge is -1.94. The van der Waals surface area contributed by atoms with Gasteiger partial charge in [-0.05, 0) is 29.8 Å². The van der Waals surface area contributed by atoms with E-state index in [0.717, 1.165) is 20.3 Å². The van der Waals surface area contributed by atoms with E-state index in [0.29, 0.717) is 0 Å². The van der Waals surface area contributed by atoms with Gasteiger partial charge in [0.15, 0.2) is 0 Å². The number of hydrogen-bond donors (Lipinski definition) is 0. The van der Waals surface area contributed by atoms with Crippen molar-refractivity contribution in [1.82, 2.24) is 4.98 Å². The molecule has 4 heteroatoms. The zero-order valence-corrected chi connectivity index (χ0v) is 13.3. The molecule has 90 valence electrons. The third kappa shape index (κ3) is 2.37. The summed E-state index contributed by atoms with van der Waals surface area (Å²) in [5.41, 5.74) is 3.52. The van der Waals surface area contributed by atoms with Crippen molar-refractivity contribution in [2.45, 2.75) is 5.33 Å². The Labute approximate surface area is 126 Å². The molecule has 0 fully saturated rings. The average molecular weight is 383 g/mol. The maximum atomic E-state index is 4.68. The highest BCUT2D eigenvalue weighted by Gasteiger charge is 2.06. The molecule has 0 aliphatic carbocycles. The lowest BCUT2D eigenvalue weighted by atomic mass is 10.2. The number of halogens is 2. The van der Waals surface area contributed by atoms with Crippen molar-refractivity contribution >= 4 is 53.4 Å². The minimum absolute atomic E-state index is 0.883. The molecule has 0 bridgehead atoms. The van der Waals surface area contributed by atoms with E-state index in [1.165, 1.54) is 15.8 Å². The minimum atomic E-state index is 0.883. The second-order valence-corrected chi connectivity index (χ2v) is 6.47. The van der Waals surface area contributed by atoms with Crippen LogP contribution in [0.15, 0.2) is 46.9 Å². The number of rotatable bonds is 2. The van der Waals surface area contributed by atoms with Gasteiger partial charge in [0.25, 0.3) is 0 Å². The third-order valence-corrected chi connectivity index (χ3v) is 4.94. The molecule has 1 aromatic heterocycles. The standard InChI is InChI=1S/C14H9Br2NS/c15-8-9-1-6-12-13(7-9)18-14(17-12)10-2-4-11(16)5-3-10/h1-7H,8H2. The van der Waals surface area contributed by atoms with Gasteiger partial charge in [0, 0.05) is 15.4 Å². The molecule has 18 heavy (non-hydrogen) atoms. The lowest BCUT2D eigenvalue weighted by Crippen LogP contribution is -1.76. The Morgan fingerprint density at radius 3 is 2.56 bits per heavy atom. The van der Waals surface area contributed by atoms with Crippen LogP contribution in [0.3, 0.4) is 0 Å². The Morgan fingerprint density at radius 2 is 1.83 bits per heavy atom. The van der Waals surface area contributed by atoms with Crippen LogP contribution in [0.5, 0.6) is 0 Å². The first-order chi connectivity index (χ1) is 8.76. The van der Waals surface area contributed by atoms with Gasteiger partial charge in [0.05, 0.1) is 10.2 Å². The van der Waals surface area contributed by atoms with Crippen LogP contribution in [0.1, 0.15) is 5.56 Å². The maximum absolute atomic E-state index is 4.68. The Balaban J connectivity index is 2.10. The van der Waals surface area contributed by atoms with Gasteiger partial charge in [0.1, 0.15) is 5.01 Å². The molecule has 0 unspecified atom stereocenters. The quantitative estimate of drug-likeness (QED) is 0.524. The topological polar surface area (TPSA) is 12.9 Å². The van der Waals surface area contributed by atoms with Gasteiger partial charge in [-0.1, -0.05) is 50.1 Å². The van der Waals surface area contributed by atoms with Crippen LogP contribution in [0.25, 0.3) is 20.8 Å². The highest BCUT2D eigenvalue weighted by Crippen LogP contribution is 2.31. The normalized spacial score (nSPS) is 11.0. The second-order valence-electron chi connectivity index (χ2n) is 3.96. The van der Waals surface area contributed by atoms with Crippen molar-refractivity contribution in [3.8, 4) is 10.6 Å². The summed E-state index contributed by atoms with van der Waals surface area (Å²) >= 11 is 8.67. The molecule has 0 saturated heterocycles. The summed E-state index contributed by atoms with van der Waals surface area (Å²) in [7, 11) is 0. The number of hydrogen-bond acceptors (Lipinski definition) is 2. The van der Waals surface area contributed by atoms with Crippen LogP contribution >= 0.6 is 43.2 Å². The Bertz CT molecular complexity index is 689. The number of nitrogens with zero attached hydrogens (tertiary/aromatic N) is 1. The van der Waals surface area contributed by atoms with Crippen molar-refractivity contribution in [3.05, 3.63) is 52.5 Å². The summed E-state index contributed by atoms with van der Waals surface area (Å²) in [6.45, 7) is 0. The molecule has 0 aliphatic heterocycles. The van der Waals surface area contributed by atoms with E-state index >= 15 is 0 Å². The summed E-state index contributed by atoms with van der Waals surface area (Å²) in [6, 6.07) is 14.7. The Hall–Kier alpha value is -0.710. The highest BCUT2D eigenvalue weighted by atomic mass is 79.9.